The summed E-state index contributed by atoms with van der Waals surface area (Å²) >= 11 is 9.12. The number of aromatic nitrogens is 4. The minimum Gasteiger partial charge on any atom is -0.351 e. The van der Waals surface area contributed by atoms with Gasteiger partial charge in [0.05, 0.1) is 5.02 Å². The molecule has 1 N–H and O–H groups in total. The molecule has 0 saturated heterocycles. The van der Waals surface area contributed by atoms with E-state index >= 15 is 0 Å². The second kappa shape index (κ2) is 7.05. The van der Waals surface area contributed by atoms with Crippen LogP contribution in [0.1, 0.15) is 21.9 Å². The Morgan fingerprint density at radius 2 is 2.35 bits per heavy atom. The second-order valence-electron chi connectivity index (χ2n) is 4.04. The van der Waals surface area contributed by atoms with Gasteiger partial charge in [-0.05, 0) is 13.3 Å². The molecule has 9 heteroatoms. The Morgan fingerprint density at radius 1 is 1.55 bits per heavy atom. The summed E-state index contributed by atoms with van der Waals surface area (Å²) in [4.78, 5) is 11.8. The number of carbonyl (C=O) groups excluding carboxylic acids is 1. The number of nitrogens with one attached hydrogen (secondary N) is 1. The molecule has 0 bridgehead atoms. The lowest BCUT2D eigenvalue weighted by atomic mass is 10.4. The van der Waals surface area contributed by atoms with E-state index in [1.807, 2.05) is 6.92 Å². The monoisotopic (exact) mass is 331 g/mol. The molecule has 2 aromatic rings. The van der Waals surface area contributed by atoms with E-state index in [1.165, 1.54) is 4.68 Å². The van der Waals surface area contributed by atoms with Gasteiger partial charge in [0.2, 0.25) is 0 Å². The van der Waals surface area contributed by atoms with Gasteiger partial charge in [-0.1, -0.05) is 34.7 Å². The van der Waals surface area contributed by atoms with Crippen LogP contribution in [0.3, 0.4) is 0 Å². The van der Waals surface area contributed by atoms with Crippen molar-refractivity contribution in [2.24, 2.45) is 7.05 Å². The van der Waals surface area contributed by atoms with Gasteiger partial charge in [0.25, 0.3) is 5.91 Å². The summed E-state index contributed by atoms with van der Waals surface area (Å²) in [6.07, 6.45) is 2.45. The molecule has 6 nitrogen and oxygen atoms in total. The summed E-state index contributed by atoms with van der Waals surface area (Å²) in [6.45, 7) is 2.51. The van der Waals surface area contributed by atoms with Crippen LogP contribution in [0, 0.1) is 6.92 Å². The van der Waals surface area contributed by atoms with Gasteiger partial charge in [0, 0.05) is 25.5 Å². The molecule has 108 valence electrons. The number of thioether (sulfide) groups is 1. The first-order valence-electron chi connectivity index (χ1n) is 5.96. The second-order valence-corrected chi connectivity index (χ2v) is 6.98. The van der Waals surface area contributed by atoms with Crippen molar-refractivity contribution in [3.05, 3.63) is 21.9 Å². The third-order valence-corrected chi connectivity index (χ3v) is 4.67. The standard InChI is InChI=1S/C11H14ClN5OS2/c1-7-14-15-11(20-7)19-5-3-4-13-10(18)9-8(12)6-17(2)16-9/h6H,3-5H2,1-2H3,(H,13,18). The third-order valence-electron chi connectivity index (χ3n) is 2.34. The summed E-state index contributed by atoms with van der Waals surface area (Å²) in [5, 5.41) is 16.1. The van der Waals surface area contributed by atoms with Gasteiger partial charge in [0.15, 0.2) is 10.0 Å². The molecule has 0 spiro atoms. The number of rotatable bonds is 6. The zero-order valence-corrected chi connectivity index (χ0v) is 13.5. The molecule has 2 aromatic heterocycles. The maximum absolute atomic E-state index is 11.8. The van der Waals surface area contributed by atoms with Crippen LogP contribution < -0.4 is 5.32 Å². The molecular weight excluding hydrogens is 318 g/mol. The molecule has 20 heavy (non-hydrogen) atoms. The van der Waals surface area contributed by atoms with Crippen LogP contribution >= 0.6 is 34.7 Å². The predicted molar refractivity (Wildman–Crippen MR) is 80.5 cm³/mol. The van der Waals surface area contributed by atoms with E-state index in [2.05, 4.69) is 20.6 Å². The Kier molecular flexibility index (Phi) is 5.38. The molecule has 0 atom stereocenters. The number of hydrogen-bond acceptors (Lipinski definition) is 6. The van der Waals surface area contributed by atoms with E-state index in [4.69, 9.17) is 11.6 Å². The fraction of sp³-hybridized carbons (Fsp3) is 0.455. The number of nitrogens with zero attached hydrogens (tertiary/aromatic N) is 4. The van der Waals surface area contributed by atoms with Crippen LogP contribution in [-0.2, 0) is 7.05 Å². The Hall–Kier alpha value is -1.12. The highest BCUT2D eigenvalue weighted by Gasteiger charge is 2.13. The number of aryl methyl sites for hydroxylation is 2. The van der Waals surface area contributed by atoms with Gasteiger partial charge < -0.3 is 5.32 Å². The Labute approximate surface area is 129 Å². The molecule has 0 aliphatic carbocycles. The smallest absolute Gasteiger partial charge is 0.273 e. The summed E-state index contributed by atoms with van der Waals surface area (Å²) in [5.41, 5.74) is 0.265. The highest BCUT2D eigenvalue weighted by atomic mass is 35.5. The zero-order chi connectivity index (χ0) is 14.5. The third kappa shape index (κ3) is 4.19. The van der Waals surface area contributed by atoms with Crippen LogP contribution in [-0.4, -0.2) is 38.2 Å². The van der Waals surface area contributed by atoms with Crippen molar-refractivity contribution in [3.8, 4) is 0 Å². The van der Waals surface area contributed by atoms with Gasteiger partial charge in [-0.25, -0.2) is 0 Å². The van der Waals surface area contributed by atoms with Crippen molar-refractivity contribution in [1.82, 2.24) is 25.3 Å². The topological polar surface area (TPSA) is 72.7 Å². The van der Waals surface area contributed by atoms with Crippen LogP contribution in [0.4, 0.5) is 0 Å². The van der Waals surface area contributed by atoms with E-state index in [0.29, 0.717) is 11.6 Å². The van der Waals surface area contributed by atoms with Crippen molar-refractivity contribution in [2.75, 3.05) is 12.3 Å². The molecule has 1 amide bonds. The fourth-order valence-electron chi connectivity index (χ4n) is 1.47. The molecule has 0 aliphatic heterocycles. The first-order chi connectivity index (χ1) is 9.56. The molecule has 2 rings (SSSR count). The molecule has 0 unspecified atom stereocenters. The largest absolute Gasteiger partial charge is 0.351 e. The van der Waals surface area contributed by atoms with E-state index in [9.17, 15) is 4.79 Å². The van der Waals surface area contributed by atoms with Crippen LogP contribution in [0.5, 0.6) is 0 Å². The highest BCUT2D eigenvalue weighted by molar-refractivity contribution is 8.01. The molecule has 0 aliphatic rings. The van der Waals surface area contributed by atoms with Crippen molar-refractivity contribution in [3.63, 3.8) is 0 Å². The van der Waals surface area contributed by atoms with E-state index < -0.39 is 0 Å². The molecule has 2 heterocycles. The first kappa shape index (κ1) is 15.3. The van der Waals surface area contributed by atoms with E-state index in [-0.39, 0.29) is 11.6 Å². The average Bonchev–Trinajstić information content (AvgIpc) is 2.94. The minimum absolute atomic E-state index is 0.243. The maximum Gasteiger partial charge on any atom is 0.273 e. The molecule has 0 fully saturated rings. The lowest BCUT2D eigenvalue weighted by Crippen LogP contribution is -2.25. The van der Waals surface area contributed by atoms with Crippen LogP contribution in [0.15, 0.2) is 10.5 Å². The summed E-state index contributed by atoms with van der Waals surface area (Å²) in [7, 11) is 1.73. The van der Waals surface area contributed by atoms with Gasteiger partial charge in [-0.3, -0.25) is 9.48 Å². The molecule has 0 radical (unpaired) electrons. The molecule has 0 aromatic carbocycles. The van der Waals surface area contributed by atoms with Crippen molar-refractivity contribution in [1.29, 1.82) is 0 Å². The minimum atomic E-state index is -0.243. The van der Waals surface area contributed by atoms with Gasteiger partial charge in [-0.2, -0.15) is 5.10 Å². The Bertz CT molecular complexity index is 597. The normalized spacial score (nSPS) is 10.8. The van der Waals surface area contributed by atoms with Crippen LogP contribution in [0.25, 0.3) is 0 Å². The number of halogens is 1. The zero-order valence-electron chi connectivity index (χ0n) is 11.1. The van der Waals surface area contributed by atoms with Crippen molar-refractivity contribution < 1.29 is 4.79 Å². The van der Waals surface area contributed by atoms with Crippen molar-refractivity contribution in [2.45, 2.75) is 17.7 Å². The van der Waals surface area contributed by atoms with Gasteiger partial charge in [0.1, 0.15) is 5.01 Å². The maximum atomic E-state index is 11.8. The first-order valence-corrected chi connectivity index (χ1v) is 8.14. The quantitative estimate of drug-likeness (QED) is 0.648. The summed E-state index contributed by atoms with van der Waals surface area (Å²) < 4.78 is 2.48. The number of carbonyl (C=O) groups is 1. The summed E-state index contributed by atoms with van der Waals surface area (Å²) in [5.74, 6) is 0.637. The van der Waals surface area contributed by atoms with Crippen LogP contribution in [0.2, 0.25) is 5.02 Å². The number of amides is 1. The van der Waals surface area contributed by atoms with E-state index in [1.54, 1.807) is 36.3 Å². The van der Waals surface area contributed by atoms with Crippen molar-refractivity contribution >= 4 is 40.6 Å². The van der Waals surface area contributed by atoms with Gasteiger partial charge >= 0.3 is 0 Å². The highest BCUT2D eigenvalue weighted by Crippen LogP contribution is 2.22. The van der Waals surface area contributed by atoms with E-state index in [0.717, 1.165) is 21.5 Å². The lowest BCUT2D eigenvalue weighted by Gasteiger charge is -2.02. The van der Waals surface area contributed by atoms with Gasteiger partial charge in [-0.15, -0.1) is 10.2 Å². The fourth-order valence-corrected chi connectivity index (χ4v) is 3.56. The average molecular weight is 332 g/mol. The predicted octanol–water partition coefficient (Wildman–Crippen LogP) is 2.15. The Morgan fingerprint density at radius 3 is 2.95 bits per heavy atom. The SMILES string of the molecule is Cc1nnc(SCCCNC(=O)c2nn(C)cc2Cl)s1. The lowest BCUT2D eigenvalue weighted by molar-refractivity contribution is 0.0948. The molecule has 0 saturated carbocycles. The number of hydrogen-bond donors (Lipinski definition) is 1. The Balaban J connectivity index is 1.68. The summed E-state index contributed by atoms with van der Waals surface area (Å²) in [6, 6.07) is 0. The molecular formula is C11H14ClN5OS2.